The minimum atomic E-state index is -0.644. The zero-order valence-corrected chi connectivity index (χ0v) is 19.4. The highest BCUT2D eigenvalue weighted by molar-refractivity contribution is 6.31. The summed E-state index contributed by atoms with van der Waals surface area (Å²) in [6.45, 7) is 0.125. The van der Waals surface area contributed by atoms with Crippen LogP contribution in [0.2, 0.25) is 5.02 Å². The summed E-state index contributed by atoms with van der Waals surface area (Å²) >= 11 is 5.88. The first-order valence-corrected chi connectivity index (χ1v) is 10.6. The van der Waals surface area contributed by atoms with Crippen LogP contribution >= 0.6 is 11.6 Å². The fourth-order valence-electron chi connectivity index (χ4n) is 3.27. The minimum Gasteiger partial charge on any atom is -0.497 e. The molecule has 0 saturated carbocycles. The fourth-order valence-corrected chi connectivity index (χ4v) is 3.44. The van der Waals surface area contributed by atoms with E-state index in [9.17, 15) is 14.9 Å². The number of amides is 1. The van der Waals surface area contributed by atoms with Crippen molar-refractivity contribution < 1.29 is 23.9 Å². The number of benzene rings is 2. The molecule has 0 aliphatic carbocycles. The molecule has 4 aromatic rings. The Hall–Kier alpha value is -4.45. The molecule has 12 nitrogen and oxygen atoms in total. The highest BCUT2D eigenvalue weighted by Gasteiger charge is 2.20. The minimum absolute atomic E-state index is 0.0541. The number of nitrogens with zero attached hydrogens (tertiary/aromatic N) is 5. The van der Waals surface area contributed by atoms with Gasteiger partial charge in [-0.3, -0.25) is 14.9 Å². The molecule has 1 N–H and O–H groups in total. The second-order valence-electron chi connectivity index (χ2n) is 7.05. The highest BCUT2D eigenvalue weighted by Crippen LogP contribution is 2.32. The lowest BCUT2D eigenvalue weighted by Gasteiger charge is -2.10. The van der Waals surface area contributed by atoms with Gasteiger partial charge in [0.25, 0.3) is 11.6 Å². The summed E-state index contributed by atoms with van der Waals surface area (Å²) in [4.78, 5) is 22.9. The molecule has 0 unspecified atom stereocenters. The zero-order chi connectivity index (χ0) is 24.9. The molecule has 4 rings (SSSR count). The number of halogens is 1. The van der Waals surface area contributed by atoms with Gasteiger partial charge in [0, 0.05) is 17.2 Å². The number of nitro groups is 1. The van der Waals surface area contributed by atoms with Crippen LogP contribution in [0, 0.1) is 10.1 Å². The average molecular weight is 499 g/mol. The number of methoxy groups -OCH3 is 2. The summed E-state index contributed by atoms with van der Waals surface area (Å²) < 4.78 is 17.9. The molecule has 1 amide bonds. The Morgan fingerprint density at radius 3 is 2.69 bits per heavy atom. The maximum atomic E-state index is 12.4. The molecule has 0 saturated heterocycles. The van der Waals surface area contributed by atoms with Crippen LogP contribution < -0.4 is 19.5 Å². The first-order chi connectivity index (χ1) is 16.9. The van der Waals surface area contributed by atoms with E-state index in [-0.39, 0.29) is 35.3 Å². The van der Waals surface area contributed by atoms with E-state index in [1.165, 1.54) is 22.7 Å². The van der Waals surface area contributed by atoms with E-state index in [0.29, 0.717) is 28.5 Å². The van der Waals surface area contributed by atoms with E-state index in [1.54, 1.807) is 44.6 Å². The predicted molar refractivity (Wildman–Crippen MR) is 125 cm³/mol. The highest BCUT2D eigenvalue weighted by atomic mass is 35.5. The second-order valence-corrected chi connectivity index (χ2v) is 7.49. The van der Waals surface area contributed by atoms with Gasteiger partial charge in [-0.1, -0.05) is 11.6 Å². The van der Waals surface area contributed by atoms with Gasteiger partial charge < -0.3 is 19.5 Å². The third kappa shape index (κ3) is 5.06. The maximum absolute atomic E-state index is 12.4. The third-order valence-corrected chi connectivity index (χ3v) is 5.16. The van der Waals surface area contributed by atoms with Crippen molar-refractivity contribution in [2.24, 2.45) is 0 Å². The lowest BCUT2D eigenvalue weighted by atomic mass is 10.1. The van der Waals surface area contributed by atoms with E-state index in [1.807, 2.05) is 0 Å². The summed E-state index contributed by atoms with van der Waals surface area (Å²) in [7, 11) is 3.10. The van der Waals surface area contributed by atoms with Crippen molar-refractivity contribution in [3.63, 3.8) is 0 Å². The summed E-state index contributed by atoms with van der Waals surface area (Å²) in [5.41, 5.74) is 0.634. The molecule has 0 aliphatic rings. The smallest absolute Gasteiger partial charge is 0.282 e. The van der Waals surface area contributed by atoms with Crippen molar-refractivity contribution in [2.45, 2.75) is 0 Å². The molecule has 0 fully saturated rings. The van der Waals surface area contributed by atoms with Gasteiger partial charge in [0.05, 0.1) is 31.3 Å². The van der Waals surface area contributed by atoms with Gasteiger partial charge in [-0.25, -0.2) is 0 Å². The van der Waals surface area contributed by atoms with Crippen molar-refractivity contribution in [3.8, 4) is 28.8 Å². The Labute approximate surface area is 203 Å². The Kier molecular flexibility index (Phi) is 6.92. The molecule has 35 heavy (non-hydrogen) atoms. The van der Waals surface area contributed by atoms with Crippen molar-refractivity contribution in [2.75, 3.05) is 27.4 Å². The van der Waals surface area contributed by atoms with Gasteiger partial charge >= 0.3 is 0 Å². The Morgan fingerprint density at radius 1 is 1.11 bits per heavy atom. The molecule has 0 atom stereocenters. The van der Waals surface area contributed by atoms with Crippen LogP contribution in [0.1, 0.15) is 10.4 Å². The average Bonchev–Trinajstić information content (AvgIpc) is 3.29. The van der Waals surface area contributed by atoms with Crippen molar-refractivity contribution in [3.05, 3.63) is 69.2 Å². The predicted octanol–water partition coefficient (Wildman–Crippen LogP) is 3.18. The molecule has 13 heteroatoms. The monoisotopic (exact) mass is 498 g/mol. The normalized spacial score (nSPS) is 10.7. The molecule has 2 aromatic heterocycles. The van der Waals surface area contributed by atoms with Gasteiger partial charge in [-0.15, -0.1) is 15.3 Å². The van der Waals surface area contributed by atoms with Gasteiger partial charge in [0.15, 0.2) is 11.5 Å². The summed E-state index contributed by atoms with van der Waals surface area (Å²) in [6, 6.07) is 12.3. The Bertz CT molecular complexity index is 1410. The van der Waals surface area contributed by atoms with Crippen molar-refractivity contribution in [1.29, 1.82) is 0 Å². The fraction of sp³-hybridized carbons (Fsp3) is 0.182. The zero-order valence-electron chi connectivity index (χ0n) is 18.6. The third-order valence-electron chi connectivity index (χ3n) is 4.92. The largest absolute Gasteiger partial charge is 0.497 e. The van der Waals surface area contributed by atoms with Crippen molar-refractivity contribution in [1.82, 2.24) is 25.1 Å². The number of nitrogens with one attached hydrogen (secondary N) is 1. The van der Waals surface area contributed by atoms with Gasteiger partial charge in [-0.05, 0) is 36.4 Å². The first kappa shape index (κ1) is 23.7. The number of aromatic nitrogens is 4. The van der Waals surface area contributed by atoms with E-state index >= 15 is 0 Å². The SMILES string of the molecule is COc1ccc(OC)c(-c2nnc3ccc(OCCNC(=O)c4cc(Cl)ccc4[N+](=O)[O-])nn23)c1. The van der Waals surface area contributed by atoms with E-state index < -0.39 is 10.8 Å². The lowest BCUT2D eigenvalue weighted by Crippen LogP contribution is -2.28. The first-order valence-electron chi connectivity index (χ1n) is 10.2. The lowest BCUT2D eigenvalue weighted by molar-refractivity contribution is -0.385. The van der Waals surface area contributed by atoms with Crippen LogP contribution in [0.25, 0.3) is 17.0 Å². The van der Waals surface area contributed by atoms with Crippen LogP contribution in [0.3, 0.4) is 0 Å². The number of ether oxygens (including phenoxy) is 3. The van der Waals surface area contributed by atoms with Gasteiger partial charge in [-0.2, -0.15) is 4.52 Å². The number of fused-ring (bicyclic) bond motifs is 1. The number of carbonyl (C=O) groups is 1. The number of carbonyl (C=O) groups excluding carboxylic acids is 1. The van der Waals surface area contributed by atoms with Crippen LogP contribution in [0.4, 0.5) is 5.69 Å². The van der Waals surface area contributed by atoms with Crippen LogP contribution in [-0.2, 0) is 0 Å². The molecule has 2 aromatic carbocycles. The molecule has 0 radical (unpaired) electrons. The molecular weight excluding hydrogens is 480 g/mol. The van der Waals surface area contributed by atoms with Gasteiger partial charge in [0.2, 0.25) is 5.88 Å². The van der Waals surface area contributed by atoms with E-state index in [0.717, 1.165) is 0 Å². The van der Waals surface area contributed by atoms with E-state index in [4.69, 9.17) is 25.8 Å². The number of rotatable bonds is 9. The van der Waals surface area contributed by atoms with Gasteiger partial charge in [0.1, 0.15) is 23.7 Å². The summed E-state index contributed by atoms with van der Waals surface area (Å²) in [5, 5.41) is 26.7. The quantitative estimate of drug-likeness (QED) is 0.209. The van der Waals surface area contributed by atoms with Crippen LogP contribution in [-0.4, -0.2) is 58.0 Å². The number of hydrogen-bond donors (Lipinski definition) is 1. The summed E-state index contributed by atoms with van der Waals surface area (Å²) in [6.07, 6.45) is 0. The Balaban J connectivity index is 1.47. The van der Waals surface area contributed by atoms with Crippen LogP contribution in [0.15, 0.2) is 48.5 Å². The molecule has 0 spiro atoms. The summed E-state index contributed by atoms with van der Waals surface area (Å²) in [5.74, 6) is 1.20. The van der Waals surface area contributed by atoms with E-state index in [2.05, 4.69) is 20.6 Å². The molecule has 2 heterocycles. The molecule has 180 valence electrons. The van der Waals surface area contributed by atoms with Crippen LogP contribution in [0.5, 0.6) is 17.4 Å². The topological polar surface area (TPSA) is 143 Å². The Morgan fingerprint density at radius 2 is 1.94 bits per heavy atom. The number of nitro benzene ring substituents is 1. The molecule has 0 aliphatic heterocycles. The number of hydrogen-bond acceptors (Lipinski definition) is 9. The molecule has 0 bridgehead atoms. The maximum Gasteiger partial charge on any atom is 0.282 e. The standard InChI is InChI=1S/C22H19ClN6O6/c1-33-14-4-6-18(34-2)16(12-14)21-26-25-19-7-8-20(27-28(19)21)35-10-9-24-22(30)15-11-13(23)3-5-17(15)29(31)32/h3-8,11-12H,9-10H2,1-2H3,(H,24,30). The molecular formula is C22H19ClN6O6. The second kappa shape index (κ2) is 10.2. The van der Waals surface area contributed by atoms with Crippen molar-refractivity contribution >= 4 is 28.8 Å².